The zero-order valence-corrected chi connectivity index (χ0v) is 8.73. The maximum absolute atomic E-state index is 11.6. The van der Waals surface area contributed by atoms with E-state index >= 15 is 0 Å². The molecule has 1 heterocycles. The highest BCUT2D eigenvalue weighted by molar-refractivity contribution is 7.94. The fraction of sp³-hybridized carbons (Fsp3) is 0.375. The van der Waals surface area contributed by atoms with E-state index in [2.05, 4.69) is 0 Å². The molecule has 13 heavy (non-hydrogen) atoms. The van der Waals surface area contributed by atoms with Crippen LogP contribution in [-0.4, -0.2) is 13.7 Å². The average Bonchev–Trinajstić information content (AvgIpc) is 2.58. The largest absolute Gasteiger partial charge is 0.221 e. The lowest BCUT2D eigenvalue weighted by Crippen LogP contribution is -2.17. The Balaban J connectivity index is 3.11. The van der Waals surface area contributed by atoms with E-state index in [1.165, 1.54) is 6.07 Å². The molecule has 0 spiro atoms. The van der Waals surface area contributed by atoms with Gasteiger partial charge in [0.15, 0.2) is 5.25 Å². The zero-order valence-electron chi connectivity index (χ0n) is 7.10. The molecule has 1 atom stereocenters. The van der Waals surface area contributed by atoms with E-state index < -0.39 is 15.1 Å². The lowest BCUT2D eigenvalue weighted by molar-refractivity contribution is 0.589. The second-order valence-electron chi connectivity index (χ2n) is 2.50. The fourth-order valence-corrected chi connectivity index (χ4v) is 3.57. The monoisotopic (exact) mass is 215 g/mol. The summed E-state index contributed by atoms with van der Waals surface area (Å²) in [5.41, 5.74) is 0. The van der Waals surface area contributed by atoms with Crippen LogP contribution in [0.15, 0.2) is 21.7 Å². The van der Waals surface area contributed by atoms with Crippen LogP contribution < -0.4 is 0 Å². The molecule has 0 aliphatic heterocycles. The third-order valence-electron chi connectivity index (χ3n) is 1.66. The number of hydrogen-bond acceptors (Lipinski definition) is 4. The minimum Gasteiger partial charge on any atom is -0.221 e. The Labute approximate surface area is 81.5 Å². The first-order chi connectivity index (χ1) is 6.12. The van der Waals surface area contributed by atoms with Crippen LogP contribution in [0.2, 0.25) is 0 Å². The molecular formula is C8H9NO2S2. The predicted octanol–water partition coefficient (Wildman–Crippen LogP) is 1.82. The third-order valence-corrected chi connectivity index (χ3v) is 5.20. The SMILES string of the molecule is CCC(C#N)S(=O)(=O)c1cccs1. The minimum atomic E-state index is -3.40. The summed E-state index contributed by atoms with van der Waals surface area (Å²) in [6.07, 6.45) is 0.330. The van der Waals surface area contributed by atoms with Crippen molar-refractivity contribution < 1.29 is 8.42 Å². The van der Waals surface area contributed by atoms with E-state index in [4.69, 9.17) is 5.26 Å². The van der Waals surface area contributed by atoms with Crippen LogP contribution in [0.3, 0.4) is 0 Å². The second kappa shape index (κ2) is 3.90. The van der Waals surface area contributed by atoms with Gasteiger partial charge in [-0.3, -0.25) is 0 Å². The Morgan fingerprint density at radius 1 is 1.69 bits per heavy atom. The number of nitrogens with zero attached hydrogens (tertiary/aromatic N) is 1. The Kier molecular flexibility index (Phi) is 3.07. The highest BCUT2D eigenvalue weighted by atomic mass is 32.2. The van der Waals surface area contributed by atoms with Gasteiger partial charge in [-0.2, -0.15) is 5.26 Å². The highest BCUT2D eigenvalue weighted by Crippen LogP contribution is 2.22. The average molecular weight is 215 g/mol. The Bertz CT molecular complexity index is 400. The molecule has 0 saturated carbocycles. The van der Waals surface area contributed by atoms with Crippen LogP contribution in [0.25, 0.3) is 0 Å². The van der Waals surface area contributed by atoms with Crippen LogP contribution in [0, 0.1) is 11.3 Å². The first-order valence-electron chi connectivity index (χ1n) is 3.80. The molecule has 0 radical (unpaired) electrons. The third kappa shape index (κ3) is 1.90. The summed E-state index contributed by atoms with van der Waals surface area (Å²) in [5, 5.41) is 9.42. The molecule has 1 aromatic heterocycles. The quantitative estimate of drug-likeness (QED) is 0.772. The zero-order chi connectivity index (χ0) is 9.90. The van der Waals surface area contributed by atoms with Gasteiger partial charge in [-0.05, 0) is 17.9 Å². The van der Waals surface area contributed by atoms with E-state index in [0.29, 0.717) is 6.42 Å². The fourth-order valence-electron chi connectivity index (χ4n) is 0.946. The lowest BCUT2D eigenvalue weighted by Gasteiger charge is -2.04. The van der Waals surface area contributed by atoms with Gasteiger partial charge >= 0.3 is 0 Å². The van der Waals surface area contributed by atoms with Crippen molar-refractivity contribution in [2.45, 2.75) is 22.8 Å². The Morgan fingerprint density at radius 2 is 2.38 bits per heavy atom. The van der Waals surface area contributed by atoms with Crippen LogP contribution in [0.4, 0.5) is 0 Å². The van der Waals surface area contributed by atoms with Gasteiger partial charge in [0, 0.05) is 0 Å². The topological polar surface area (TPSA) is 57.9 Å². The van der Waals surface area contributed by atoms with Gasteiger partial charge in [0.1, 0.15) is 4.21 Å². The van der Waals surface area contributed by atoms with Gasteiger partial charge in [0.2, 0.25) is 9.84 Å². The van der Waals surface area contributed by atoms with E-state index in [-0.39, 0.29) is 4.21 Å². The van der Waals surface area contributed by atoms with E-state index in [0.717, 1.165) is 11.3 Å². The van der Waals surface area contributed by atoms with Gasteiger partial charge in [-0.15, -0.1) is 11.3 Å². The van der Waals surface area contributed by atoms with Crippen molar-refractivity contribution >= 4 is 21.2 Å². The number of sulfone groups is 1. The summed E-state index contributed by atoms with van der Waals surface area (Å²) in [6.45, 7) is 1.69. The Morgan fingerprint density at radius 3 is 2.77 bits per heavy atom. The molecule has 0 aliphatic carbocycles. The van der Waals surface area contributed by atoms with Crippen LogP contribution >= 0.6 is 11.3 Å². The van der Waals surface area contributed by atoms with Gasteiger partial charge in [0.25, 0.3) is 0 Å². The summed E-state index contributed by atoms with van der Waals surface area (Å²) in [5.74, 6) is 0. The second-order valence-corrected chi connectivity index (χ2v) is 5.81. The van der Waals surface area contributed by atoms with Crippen LogP contribution in [-0.2, 0) is 9.84 Å². The maximum Gasteiger partial charge on any atom is 0.203 e. The van der Waals surface area contributed by atoms with Gasteiger partial charge in [-0.25, -0.2) is 8.42 Å². The van der Waals surface area contributed by atoms with Crippen LogP contribution in [0.1, 0.15) is 13.3 Å². The predicted molar refractivity (Wildman–Crippen MR) is 51.2 cm³/mol. The number of nitriles is 1. The standard InChI is InChI=1S/C8H9NO2S2/c1-2-7(6-9)13(10,11)8-4-3-5-12-8/h3-5,7H,2H2,1H3. The lowest BCUT2D eigenvalue weighted by atomic mass is 10.4. The smallest absolute Gasteiger partial charge is 0.203 e. The molecule has 70 valence electrons. The molecule has 0 amide bonds. The molecule has 3 nitrogen and oxygen atoms in total. The van der Waals surface area contributed by atoms with E-state index in [1.54, 1.807) is 24.4 Å². The summed E-state index contributed by atoms with van der Waals surface area (Å²) < 4.78 is 23.6. The molecule has 1 rings (SSSR count). The van der Waals surface area contributed by atoms with Gasteiger partial charge < -0.3 is 0 Å². The summed E-state index contributed by atoms with van der Waals surface area (Å²) >= 11 is 1.15. The molecule has 0 N–H and O–H groups in total. The van der Waals surface area contributed by atoms with E-state index in [9.17, 15) is 8.42 Å². The summed E-state index contributed by atoms with van der Waals surface area (Å²) in [4.78, 5) is 0. The highest BCUT2D eigenvalue weighted by Gasteiger charge is 2.26. The van der Waals surface area contributed by atoms with Crippen molar-refractivity contribution in [1.29, 1.82) is 5.26 Å². The Hall–Kier alpha value is -0.860. The molecule has 1 unspecified atom stereocenters. The molecule has 0 fully saturated rings. The van der Waals surface area contributed by atoms with Crippen molar-refractivity contribution in [2.24, 2.45) is 0 Å². The first kappa shape index (κ1) is 10.2. The van der Waals surface area contributed by atoms with Gasteiger partial charge in [-0.1, -0.05) is 13.0 Å². The summed E-state index contributed by atoms with van der Waals surface area (Å²) in [6, 6.07) is 5.00. The normalized spacial score (nSPS) is 13.5. The van der Waals surface area contributed by atoms with Crippen molar-refractivity contribution in [3.63, 3.8) is 0 Å². The van der Waals surface area contributed by atoms with E-state index in [1.807, 2.05) is 0 Å². The molecular weight excluding hydrogens is 206 g/mol. The molecule has 0 aliphatic rings. The molecule has 1 aromatic rings. The van der Waals surface area contributed by atoms with Crippen molar-refractivity contribution in [3.05, 3.63) is 17.5 Å². The van der Waals surface area contributed by atoms with Crippen molar-refractivity contribution in [3.8, 4) is 6.07 Å². The molecule has 5 heteroatoms. The first-order valence-corrected chi connectivity index (χ1v) is 6.22. The molecule has 0 bridgehead atoms. The number of rotatable bonds is 3. The van der Waals surface area contributed by atoms with Crippen molar-refractivity contribution in [2.75, 3.05) is 0 Å². The molecule has 0 saturated heterocycles. The maximum atomic E-state index is 11.6. The van der Waals surface area contributed by atoms with Crippen LogP contribution in [0.5, 0.6) is 0 Å². The van der Waals surface area contributed by atoms with Crippen molar-refractivity contribution in [1.82, 2.24) is 0 Å². The molecule has 0 aromatic carbocycles. The van der Waals surface area contributed by atoms with Gasteiger partial charge in [0.05, 0.1) is 6.07 Å². The number of thiophene rings is 1. The number of hydrogen-bond donors (Lipinski definition) is 0. The minimum absolute atomic E-state index is 0.279. The summed E-state index contributed by atoms with van der Waals surface area (Å²) in [7, 11) is -3.40.